The van der Waals surface area contributed by atoms with Crippen molar-refractivity contribution >= 4 is 5.97 Å². The molecular formula is C41H70O4. The fourth-order valence-corrected chi connectivity index (χ4v) is 4.76. The zero-order chi connectivity index (χ0) is 32.7. The lowest BCUT2D eigenvalue weighted by atomic mass is 10.1. The summed E-state index contributed by atoms with van der Waals surface area (Å²) in [4.78, 5) is 12.1. The lowest BCUT2D eigenvalue weighted by Gasteiger charge is -2.15. The molecule has 1 unspecified atom stereocenters. The van der Waals surface area contributed by atoms with E-state index in [0.717, 1.165) is 70.6 Å². The molecule has 4 heteroatoms. The number of unbranched alkanes of at least 4 members (excludes halogenated alkanes) is 13. The van der Waals surface area contributed by atoms with Gasteiger partial charge in [0, 0.05) is 13.0 Å². The van der Waals surface area contributed by atoms with Gasteiger partial charge in [-0.15, -0.1) is 0 Å². The van der Waals surface area contributed by atoms with Crippen molar-refractivity contribution in [3.8, 4) is 0 Å². The zero-order valence-corrected chi connectivity index (χ0v) is 29.4. The molecule has 0 fully saturated rings. The molecule has 0 bridgehead atoms. The molecule has 1 atom stereocenters. The minimum atomic E-state index is -0.554. The summed E-state index contributed by atoms with van der Waals surface area (Å²) in [7, 11) is 0. The van der Waals surface area contributed by atoms with Gasteiger partial charge in [0.15, 0.2) is 0 Å². The summed E-state index contributed by atoms with van der Waals surface area (Å²) in [6, 6.07) is 0. The van der Waals surface area contributed by atoms with E-state index >= 15 is 0 Å². The summed E-state index contributed by atoms with van der Waals surface area (Å²) < 4.78 is 11.1. The summed E-state index contributed by atoms with van der Waals surface area (Å²) in [5, 5.41) is 9.55. The van der Waals surface area contributed by atoms with E-state index in [1.165, 1.54) is 64.2 Å². The standard InChI is InChI=1S/C41H70O4/c1-3-5-7-9-11-13-15-17-18-19-20-21-22-23-25-27-29-31-33-35-37-44-39-40(38-42)45-41(43)36-34-32-30-28-26-24-16-14-12-10-8-6-4-2/h5,7,11,13-14,16-18,20-21,23,25,40,42H,3-4,6,8-10,12,15,19,22,24,26-39H2,1-2H3/b7-5-,13-11-,16-14-,18-17-,21-20-,25-23-. The molecule has 0 heterocycles. The van der Waals surface area contributed by atoms with Crippen LogP contribution in [0.5, 0.6) is 0 Å². The molecule has 0 spiro atoms. The van der Waals surface area contributed by atoms with Crippen molar-refractivity contribution < 1.29 is 19.4 Å². The van der Waals surface area contributed by atoms with Crippen molar-refractivity contribution in [2.45, 2.75) is 161 Å². The highest BCUT2D eigenvalue weighted by molar-refractivity contribution is 5.69. The van der Waals surface area contributed by atoms with Gasteiger partial charge in [-0.3, -0.25) is 4.79 Å². The minimum absolute atomic E-state index is 0.189. The number of rotatable bonds is 33. The summed E-state index contributed by atoms with van der Waals surface area (Å²) in [6.07, 6.45) is 50.8. The zero-order valence-electron chi connectivity index (χ0n) is 29.4. The molecule has 0 rings (SSSR count). The first-order chi connectivity index (χ1) is 22.2. The van der Waals surface area contributed by atoms with E-state index in [4.69, 9.17) is 9.47 Å². The van der Waals surface area contributed by atoms with E-state index in [1.807, 2.05) is 0 Å². The molecule has 0 aromatic carbocycles. The second-order valence-electron chi connectivity index (χ2n) is 11.9. The molecule has 0 aliphatic rings. The highest BCUT2D eigenvalue weighted by Crippen LogP contribution is 2.10. The molecule has 0 aliphatic carbocycles. The van der Waals surface area contributed by atoms with Crippen LogP contribution in [0.4, 0.5) is 0 Å². The molecule has 0 saturated carbocycles. The average molecular weight is 627 g/mol. The van der Waals surface area contributed by atoms with Crippen LogP contribution in [0.3, 0.4) is 0 Å². The van der Waals surface area contributed by atoms with Gasteiger partial charge < -0.3 is 14.6 Å². The van der Waals surface area contributed by atoms with Gasteiger partial charge in [0.25, 0.3) is 0 Å². The molecule has 0 aliphatic heterocycles. The normalized spacial score (nSPS) is 13.2. The van der Waals surface area contributed by atoms with Gasteiger partial charge in [0.2, 0.25) is 0 Å². The SMILES string of the molecule is CC/C=C\C/C=C\C/C=C\C/C=C\C/C=C\CCCCCCOCC(CO)OC(=O)CCCCCCC/C=C\CCCCCC. The van der Waals surface area contributed by atoms with E-state index in [2.05, 4.69) is 86.8 Å². The first kappa shape index (κ1) is 42.8. The predicted octanol–water partition coefficient (Wildman–Crippen LogP) is 11.9. The van der Waals surface area contributed by atoms with Crippen LogP contribution in [0.2, 0.25) is 0 Å². The van der Waals surface area contributed by atoms with Crippen molar-refractivity contribution in [2.75, 3.05) is 19.8 Å². The van der Waals surface area contributed by atoms with Crippen molar-refractivity contribution in [1.82, 2.24) is 0 Å². The van der Waals surface area contributed by atoms with Crippen molar-refractivity contribution in [2.24, 2.45) is 0 Å². The van der Waals surface area contributed by atoms with Crippen molar-refractivity contribution in [1.29, 1.82) is 0 Å². The van der Waals surface area contributed by atoms with E-state index < -0.39 is 6.10 Å². The third-order valence-corrected chi connectivity index (χ3v) is 7.52. The van der Waals surface area contributed by atoms with Crippen LogP contribution in [0.15, 0.2) is 72.9 Å². The molecule has 258 valence electrons. The summed E-state index contributed by atoms with van der Waals surface area (Å²) in [6.45, 7) is 5.13. The molecule has 45 heavy (non-hydrogen) atoms. The molecule has 0 radical (unpaired) electrons. The number of esters is 1. The maximum Gasteiger partial charge on any atom is 0.306 e. The highest BCUT2D eigenvalue weighted by Gasteiger charge is 2.13. The molecule has 0 aromatic rings. The summed E-state index contributed by atoms with van der Waals surface area (Å²) >= 11 is 0. The number of carbonyl (C=O) groups is 1. The van der Waals surface area contributed by atoms with Crippen LogP contribution < -0.4 is 0 Å². The number of aliphatic hydroxyl groups excluding tert-OH is 1. The molecule has 4 nitrogen and oxygen atoms in total. The fraction of sp³-hybridized carbons (Fsp3) is 0.683. The van der Waals surface area contributed by atoms with E-state index in [0.29, 0.717) is 13.0 Å². The average Bonchev–Trinajstić information content (AvgIpc) is 3.05. The summed E-state index contributed by atoms with van der Waals surface area (Å²) in [5.74, 6) is -0.223. The third kappa shape index (κ3) is 36.2. The van der Waals surface area contributed by atoms with Gasteiger partial charge >= 0.3 is 5.97 Å². The Hall–Kier alpha value is -2.17. The first-order valence-corrected chi connectivity index (χ1v) is 18.5. The van der Waals surface area contributed by atoms with Crippen molar-refractivity contribution in [3.05, 3.63) is 72.9 Å². The Bertz CT molecular complexity index is 789. The fourth-order valence-electron chi connectivity index (χ4n) is 4.76. The van der Waals surface area contributed by atoms with Gasteiger partial charge in [-0.1, -0.05) is 138 Å². The molecule has 0 saturated heterocycles. The number of hydrogen-bond donors (Lipinski definition) is 1. The van der Waals surface area contributed by atoms with Crippen LogP contribution >= 0.6 is 0 Å². The Morgan fingerprint density at radius 3 is 1.53 bits per heavy atom. The van der Waals surface area contributed by atoms with Gasteiger partial charge in [0.05, 0.1) is 13.2 Å². The second kappa shape index (κ2) is 38.0. The number of allylic oxidation sites excluding steroid dienone is 12. The third-order valence-electron chi connectivity index (χ3n) is 7.52. The van der Waals surface area contributed by atoms with Gasteiger partial charge in [-0.05, 0) is 83.5 Å². The van der Waals surface area contributed by atoms with Crippen LogP contribution in [0, 0.1) is 0 Å². The van der Waals surface area contributed by atoms with Crippen LogP contribution in [0.25, 0.3) is 0 Å². The maximum atomic E-state index is 12.1. The first-order valence-electron chi connectivity index (χ1n) is 18.5. The number of aliphatic hydroxyl groups is 1. The number of ether oxygens (including phenoxy) is 2. The summed E-state index contributed by atoms with van der Waals surface area (Å²) in [5.41, 5.74) is 0. The second-order valence-corrected chi connectivity index (χ2v) is 11.9. The van der Waals surface area contributed by atoms with Crippen LogP contribution in [-0.2, 0) is 14.3 Å². The smallest absolute Gasteiger partial charge is 0.306 e. The molecular weight excluding hydrogens is 556 g/mol. The minimum Gasteiger partial charge on any atom is -0.457 e. The van der Waals surface area contributed by atoms with Crippen LogP contribution in [-0.4, -0.2) is 37.0 Å². The molecule has 0 aromatic heterocycles. The number of carbonyl (C=O) groups excluding carboxylic acids is 1. The Balaban J connectivity index is 3.56. The Labute approximate surface area is 278 Å². The topological polar surface area (TPSA) is 55.8 Å². The number of hydrogen-bond acceptors (Lipinski definition) is 4. The van der Waals surface area contributed by atoms with E-state index in [1.54, 1.807) is 0 Å². The Kier molecular flexibility index (Phi) is 36.2. The maximum absolute atomic E-state index is 12.1. The van der Waals surface area contributed by atoms with Crippen LogP contribution in [0.1, 0.15) is 155 Å². The largest absolute Gasteiger partial charge is 0.457 e. The van der Waals surface area contributed by atoms with Gasteiger partial charge in [-0.2, -0.15) is 0 Å². The predicted molar refractivity (Wildman–Crippen MR) is 196 cm³/mol. The Morgan fingerprint density at radius 1 is 0.556 bits per heavy atom. The highest BCUT2D eigenvalue weighted by atomic mass is 16.6. The van der Waals surface area contributed by atoms with Gasteiger partial charge in [0.1, 0.15) is 6.10 Å². The lowest BCUT2D eigenvalue weighted by molar-refractivity contribution is -0.154. The molecule has 0 amide bonds. The lowest BCUT2D eigenvalue weighted by Crippen LogP contribution is -2.27. The van der Waals surface area contributed by atoms with E-state index in [9.17, 15) is 9.90 Å². The quantitative estimate of drug-likeness (QED) is 0.0447. The molecule has 1 N–H and O–H groups in total. The van der Waals surface area contributed by atoms with E-state index in [-0.39, 0.29) is 19.2 Å². The van der Waals surface area contributed by atoms with Gasteiger partial charge in [-0.25, -0.2) is 0 Å². The monoisotopic (exact) mass is 627 g/mol. The Morgan fingerprint density at radius 2 is 1.00 bits per heavy atom. The van der Waals surface area contributed by atoms with Crippen molar-refractivity contribution in [3.63, 3.8) is 0 Å².